The van der Waals surface area contributed by atoms with E-state index in [1.165, 1.54) is 5.56 Å². The summed E-state index contributed by atoms with van der Waals surface area (Å²) in [7, 11) is 0. The van der Waals surface area contributed by atoms with Crippen LogP contribution in [0.5, 0.6) is 0 Å². The predicted molar refractivity (Wildman–Crippen MR) is 104 cm³/mol. The number of piperidine rings is 1. The molecule has 6 nitrogen and oxygen atoms in total. The number of halogens is 1. The minimum atomic E-state index is -0.00497. The first-order valence-corrected chi connectivity index (χ1v) is 9.96. The topological polar surface area (TPSA) is 61.5 Å². The fourth-order valence-electron chi connectivity index (χ4n) is 3.88. The maximum Gasteiger partial charge on any atom is 0.274 e. The Kier molecular flexibility index (Phi) is 5.76. The number of hydrogen-bond acceptors (Lipinski definition) is 4. The van der Waals surface area contributed by atoms with Crippen molar-refractivity contribution in [1.82, 2.24) is 20.0 Å². The maximum absolute atomic E-state index is 12.6. The molecule has 2 aliphatic rings. The van der Waals surface area contributed by atoms with E-state index in [1.54, 1.807) is 0 Å². The summed E-state index contributed by atoms with van der Waals surface area (Å²) in [6, 6.07) is 9.99. The molecule has 7 heteroatoms. The lowest BCUT2D eigenvalue weighted by molar-refractivity contribution is 0.0299. The van der Waals surface area contributed by atoms with Gasteiger partial charge in [0.25, 0.3) is 5.91 Å². The van der Waals surface area contributed by atoms with E-state index in [2.05, 4.69) is 27.2 Å². The summed E-state index contributed by atoms with van der Waals surface area (Å²) in [5.74, 6) is 0.374. The molecule has 3 heterocycles. The standard InChI is InChI=1S/C20H25ClN4O2/c21-17-5-3-15(4-6-17)13-24-7-1-2-16(14-24)18-12-19(23-22-18)20(26)25-8-10-27-11-9-25/h3-6,12,16H,1-2,7-11,13-14H2,(H,22,23)/t16-/m0/s1. The van der Waals surface area contributed by atoms with Crippen LogP contribution in [-0.2, 0) is 11.3 Å². The van der Waals surface area contributed by atoms with Crippen molar-refractivity contribution in [1.29, 1.82) is 0 Å². The molecular weight excluding hydrogens is 364 g/mol. The van der Waals surface area contributed by atoms with Gasteiger partial charge in [-0.3, -0.25) is 14.8 Å². The summed E-state index contributed by atoms with van der Waals surface area (Å²) in [4.78, 5) is 16.9. The first-order valence-electron chi connectivity index (χ1n) is 9.58. The average Bonchev–Trinajstić information content (AvgIpc) is 3.20. The summed E-state index contributed by atoms with van der Waals surface area (Å²) in [6.07, 6.45) is 2.26. The van der Waals surface area contributed by atoms with Crippen LogP contribution in [0.2, 0.25) is 5.02 Å². The van der Waals surface area contributed by atoms with Crippen molar-refractivity contribution >= 4 is 17.5 Å². The van der Waals surface area contributed by atoms with Gasteiger partial charge in [-0.05, 0) is 43.1 Å². The van der Waals surface area contributed by atoms with Gasteiger partial charge in [0.2, 0.25) is 0 Å². The normalized spacial score (nSPS) is 21.4. The molecule has 0 saturated carbocycles. The highest BCUT2D eigenvalue weighted by atomic mass is 35.5. The Labute approximate surface area is 164 Å². The van der Waals surface area contributed by atoms with Crippen molar-refractivity contribution in [2.45, 2.75) is 25.3 Å². The lowest BCUT2D eigenvalue weighted by Gasteiger charge is -2.32. The third-order valence-electron chi connectivity index (χ3n) is 5.38. The van der Waals surface area contributed by atoms with Crippen molar-refractivity contribution in [3.63, 3.8) is 0 Å². The van der Waals surface area contributed by atoms with E-state index in [1.807, 2.05) is 23.1 Å². The molecule has 0 spiro atoms. The summed E-state index contributed by atoms with van der Waals surface area (Å²) in [6.45, 7) is 5.46. The van der Waals surface area contributed by atoms with Crippen molar-refractivity contribution in [3.05, 3.63) is 52.3 Å². The molecule has 0 bridgehead atoms. The van der Waals surface area contributed by atoms with E-state index in [0.29, 0.717) is 37.9 Å². The fraction of sp³-hybridized carbons (Fsp3) is 0.500. The number of nitrogens with zero attached hydrogens (tertiary/aromatic N) is 3. The zero-order valence-electron chi connectivity index (χ0n) is 15.4. The summed E-state index contributed by atoms with van der Waals surface area (Å²) >= 11 is 5.98. The second kappa shape index (κ2) is 8.42. The summed E-state index contributed by atoms with van der Waals surface area (Å²) < 4.78 is 5.32. The second-order valence-corrected chi connectivity index (χ2v) is 7.75. The fourth-order valence-corrected chi connectivity index (χ4v) is 4.01. The van der Waals surface area contributed by atoms with Crippen LogP contribution < -0.4 is 0 Å². The molecule has 4 rings (SSSR count). The molecule has 0 unspecified atom stereocenters. The van der Waals surface area contributed by atoms with Crippen LogP contribution in [0.25, 0.3) is 0 Å². The lowest BCUT2D eigenvalue weighted by atomic mass is 9.94. The SMILES string of the molecule is O=C(c1cc([C@H]2CCCN(Cc3ccc(Cl)cc3)C2)[nH]n1)N1CCOCC1. The van der Waals surface area contributed by atoms with E-state index in [4.69, 9.17) is 16.3 Å². The molecule has 1 atom stereocenters. The third kappa shape index (κ3) is 4.51. The number of hydrogen-bond donors (Lipinski definition) is 1. The third-order valence-corrected chi connectivity index (χ3v) is 5.63. The quantitative estimate of drug-likeness (QED) is 0.874. The van der Waals surface area contributed by atoms with Gasteiger partial charge in [0.05, 0.1) is 13.2 Å². The van der Waals surface area contributed by atoms with Gasteiger partial charge in [-0.1, -0.05) is 23.7 Å². The van der Waals surface area contributed by atoms with Crippen LogP contribution in [0.3, 0.4) is 0 Å². The van der Waals surface area contributed by atoms with Crippen LogP contribution in [0, 0.1) is 0 Å². The largest absolute Gasteiger partial charge is 0.378 e. The van der Waals surface area contributed by atoms with Crippen molar-refractivity contribution in [3.8, 4) is 0 Å². The number of amides is 1. The van der Waals surface area contributed by atoms with Crippen molar-refractivity contribution < 1.29 is 9.53 Å². The number of aromatic amines is 1. The highest BCUT2D eigenvalue weighted by Gasteiger charge is 2.26. The molecule has 0 aliphatic carbocycles. The number of carbonyl (C=O) groups is 1. The number of likely N-dealkylation sites (tertiary alicyclic amines) is 1. The number of ether oxygens (including phenoxy) is 1. The lowest BCUT2D eigenvalue weighted by Crippen LogP contribution is -2.40. The Morgan fingerprint density at radius 2 is 2.00 bits per heavy atom. The number of carbonyl (C=O) groups excluding carboxylic acids is 1. The molecule has 1 amide bonds. The number of morpholine rings is 1. The summed E-state index contributed by atoms with van der Waals surface area (Å²) in [5.41, 5.74) is 2.85. The average molecular weight is 389 g/mol. The van der Waals surface area contributed by atoms with E-state index in [0.717, 1.165) is 43.2 Å². The van der Waals surface area contributed by atoms with E-state index in [9.17, 15) is 4.79 Å². The molecule has 2 aliphatic heterocycles. The molecule has 2 fully saturated rings. The maximum atomic E-state index is 12.6. The van der Waals surface area contributed by atoms with E-state index in [-0.39, 0.29) is 5.91 Å². The van der Waals surface area contributed by atoms with Crippen LogP contribution in [0.4, 0.5) is 0 Å². The second-order valence-electron chi connectivity index (χ2n) is 7.31. The van der Waals surface area contributed by atoms with Gasteiger partial charge in [-0.15, -0.1) is 0 Å². The Morgan fingerprint density at radius 1 is 1.22 bits per heavy atom. The minimum Gasteiger partial charge on any atom is -0.378 e. The Bertz CT molecular complexity index is 771. The monoisotopic (exact) mass is 388 g/mol. The molecular formula is C20H25ClN4O2. The molecule has 1 aromatic heterocycles. The van der Waals surface area contributed by atoms with Crippen LogP contribution in [0.15, 0.2) is 30.3 Å². The number of H-pyrrole nitrogens is 1. The molecule has 2 aromatic rings. The molecule has 1 aromatic carbocycles. The van der Waals surface area contributed by atoms with Gasteiger partial charge in [0.1, 0.15) is 5.69 Å². The first-order chi connectivity index (χ1) is 13.2. The van der Waals surface area contributed by atoms with Gasteiger partial charge < -0.3 is 9.64 Å². The van der Waals surface area contributed by atoms with Gasteiger partial charge in [0.15, 0.2) is 0 Å². The smallest absolute Gasteiger partial charge is 0.274 e. The van der Waals surface area contributed by atoms with Gasteiger partial charge in [-0.25, -0.2) is 0 Å². The zero-order chi connectivity index (χ0) is 18.6. The number of aromatic nitrogens is 2. The highest BCUT2D eigenvalue weighted by Crippen LogP contribution is 2.27. The molecule has 2 saturated heterocycles. The first kappa shape index (κ1) is 18.5. The van der Waals surface area contributed by atoms with E-state index < -0.39 is 0 Å². The van der Waals surface area contributed by atoms with Crippen LogP contribution in [-0.4, -0.2) is 65.3 Å². The van der Waals surface area contributed by atoms with Crippen molar-refractivity contribution in [2.75, 3.05) is 39.4 Å². The van der Waals surface area contributed by atoms with Gasteiger partial charge >= 0.3 is 0 Å². The molecule has 1 N–H and O–H groups in total. The minimum absolute atomic E-state index is 0.00497. The van der Waals surface area contributed by atoms with Crippen molar-refractivity contribution in [2.24, 2.45) is 0 Å². The Hall–Kier alpha value is -1.89. The molecule has 27 heavy (non-hydrogen) atoms. The summed E-state index contributed by atoms with van der Waals surface area (Å²) in [5, 5.41) is 8.18. The molecule has 144 valence electrons. The highest BCUT2D eigenvalue weighted by molar-refractivity contribution is 6.30. The number of rotatable bonds is 4. The van der Waals surface area contributed by atoms with Gasteiger partial charge in [0, 0.05) is 42.8 Å². The molecule has 0 radical (unpaired) electrons. The Balaban J connectivity index is 1.38. The van der Waals surface area contributed by atoms with Crippen LogP contribution >= 0.6 is 11.6 Å². The zero-order valence-corrected chi connectivity index (χ0v) is 16.1. The number of benzene rings is 1. The van der Waals surface area contributed by atoms with Gasteiger partial charge in [-0.2, -0.15) is 5.10 Å². The number of nitrogens with one attached hydrogen (secondary N) is 1. The predicted octanol–water partition coefficient (Wildman–Crippen LogP) is 2.92. The Morgan fingerprint density at radius 3 is 2.78 bits per heavy atom. The van der Waals surface area contributed by atoms with E-state index >= 15 is 0 Å². The van der Waals surface area contributed by atoms with Crippen LogP contribution in [0.1, 0.15) is 40.5 Å².